The molecule has 0 saturated heterocycles. The lowest BCUT2D eigenvalue weighted by Gasteiger charge is -2.32. The maximum atomic E-state index is 10.0. The van der Waals surface area contributed by atoms with Crippen LogP contribution in [-0.2, 0) is 0 Å². The molecule has 0 bridgehead atoms. The van der Waals surface area contributed by atoms with E-state index >= 15 is 0 Å². The molecule has 13 heavy (non-hydrogen) atoms. The highest BCUT2D eigenvalue weighted by molar-refractivity contribution is 4.82. The van der Waals surface area contributed by atoms with Crippen LogP contribution in [0.5, 0.6) is 0 Å². The first kappa shape index (κ1) is 11.0. The zero-order valence-corrected chi connectivity index (χ0v) is 8.08. The lowest BCUT2D eigenvalue weighted by molar-refractivity contribution is -0.0206. The highest BCUT2D eigenvalue weighted by Crippen LogP contribution is 2.32. The van der Waals surface area contributed by atoms with Gasteiger partial charge in [-0.2, -0.15) is 0 Å². The number of aliphatic hydroxyl groups excluding tert-OH is 2. The molecule has 0 radical (unpaired) electrons. The van der Waals surface area contributed by atoms with Gasteiger partial charge in [-0.1, -0.05) is 19.3 Å². The van der Waals surface area contributed by atoms with Crippen molar-refractivity contribution >= 4 is 0 Å². The van der Waals surface area contributed by atoms with E-state index in [2.05, 4.69) is 0 Å². The Hall–Kier alpha value is -0.120. The van der Waals surface area contributed by atoms with Gasteiger partial charge in [0, 0.05) is 0 Å². The van der Waals surface area contributed by atoms with Crippen LogP contribution in [0.15, 0.2) is 0 Å². The Morgan fingerprint density at radius 1 is 1.15 bits per heavy atom. The summed E-state index contributed by atoms with van der Waals surface area (Å²) >= 11 is 0. The molecule has 0 aromatic rings. The fourth-order valence-electron chi connectivity index (χ4n) is 1.99. The van der Waals surface area contributed by atoms with Gasteiger partial charge in [0.05, 0.1) is 18.3 Å². The first-order valence-corrected chi connectivity index (χ1v) is 5.18. The number of rotatable bonds is 4. The molecule has 0 unspecified atom stereocenters. The van der Waals surface area contributed by atoms with E-state index in [4.69, 9.17) is 10.2 Å². The Bertz CT molecular complexity index is 141. The minimum atomic E-state index is -0.661. The van der Waals surface area contributed by atoms with Crippen molar-refractivity contribution in [2.24, 2.45) is 0 Å². The quantitative estimate of drug-likeness (QED) is 0.612. The molecule has 1 fully saturated rings. The molecule has 0 aromatic heterocycles. The smallest absolute Gasteiger partial charge is 0.0772 e. The van der Waals surface area contributed by atoms with Crippen molar-refractivity contribution in [1.82, 2.24) is 0 Å². The highest BCUT2D eigenvalue weighted by atomic mass is 16.3. The van der Waals surface area contributed by atoms with Gasteiger partial charge in [0.15, 0.2) is 0 Å². The van der Waals surface area contributed by atoms with Gasteiger partial charge in [-0.05, 0) is 25.7 Å². The normalized spacial score (nSPS) is 24.2. The second-order valence-corrected chi connectivity index (χ2v) is 4.16. The molecule has 1 aliphatic rings. The molecule has 78 valence electrons. The Kier molecular flexibility index (Phi) is 4.16. The lowest BCUT2D eigenvalue weighted by atomic mass is 9.81. The largest absolute Gasteiger partial charge is 0.394 e. The van der Waals surface area contributed by atoms with Crippen LogP contribution in [0.4, 0.5) is 0 Å². The van der Waals surface area contributed by atoms with E-state index in [1.165, 1.54) is 6.42 Å². The van der Waals surface area contributed by atoms with Gasteiger partial charge in [-0.15, -0.1) is 0 Å². The van der Waals surface area contributed by atoms with Gasteiger partial charge in [0.1, 0.15) is 0 Å². The van der Waals surface area contributed by atoms with Crippen molar-refractivity contribution in [3.8, 4) is 0 Å². The molecule has 0 amide bonds. The average molecular weight is 188 g/mol. The van der Waals surface area contributed by atoms with Crippen molar-refractivity contribution in [1.29, 1.82) is 0 Å². The third-order valence-electron chi connectivity index (χ3n) is 2.94. The molecule has 0 aliphatic heterocycles. The minimum Gasteiger partial charge on any atom is -0.394 e. The van der Waals surface area contributed by atoms with Crippen LogP contribution >= 0.6 is 0 Å². The van der Waals surface area contributed by atoms with Crippen molar-refractivity contribution in [2.75, 3.05) is 6.61 Å². The second kappa shape index (κ2) is 4.94. The number of aliphatic hydroxyl groups is 3. The summed E-state index contributed by atoms with van der Waals surface area (Å²) in [6.07, 6.45) is 5.56. The standard InChI is InChI=1S/C10H20O3/c11-8-9(12)4-7-10(13)5-2-1-3-6-10/h9,11-13H,1-8H2/t9-/m1/s1. The molecule has 3 nitrogen and oxygen atoms in total. The van der Waals surface area contributed by atoms with Crippen LogP contribution in [0.2, 0.25) is 0 Å². The Morgan fingerprint density at radius 2 is 1.77 bits per heavy atom. The maximum Gasteiger partial charge on any atom is 0.0772 e. The van der Waals surface area contributed by atoms with Gasteiger partial charge < -0.3 is 15.3 Å². The molecule has 1 rings (SSSR count). The predicted molar refractivity (Wildman–Crippen MR) is 50.4 cm³/mol. The first-order chi connectivity index (χ1) is 6.16. The summed E-state index contributed by atoms with van der Waals surface area (Å²) in [5.41, 5.74) is -0.561. The topological polar surface area (TPSA) is 60.7 Å². The third kappa shape index (κ3) is 3.63. The van der Waals surface area contributed by atoms with Crippen LogP contribution in [-0.4, -0.2) is 33.6 Å². The molecule has 3 N–H and O–H groups in total. The molecule has 0 spiro atoms. The summed E-state index contributed by atoms with van der Waals surface area (Å²) in [5, 5.41) is 27.8. The fourth-order valence-corrected chi connectivity index (χ4v) is 1.99. The number of hydrogen-bond donors (Lipinski definition) is 3. The number of hydrogen-bond acceptors (Lipinski definition) is 3. The van der Waals surface area contributed by atoms with E-state index in [9.17, 15) is 5.11 Å². The lowest BCUT2D eigenvalue weighted by Crippen LogP contribution is -2.32. The molecule has 3 heteroatoms. The van der Waals surface area contributed by atoms with Gasteiger partial charge in [-0.3, -0.25) is 0 Å². The SMILES string of the molecule is OC[C@H](O)CCC1(O)CCCCC1. The van der Waals surface area contributed by atoms with Crippen LogP contribution in [0.3, 0.4) is 0 Å². The fraction of sp³-hybridized carbons (Fsp3) is 1.00. The van der Waals surface area contributed by atoms with E-state index in [1.807, 2.05) is 0 Å². The van der Waals surface area contributed by atoms with Gasteiger partial charge in [0.25, 0.3) is 0 Å². The molecular formula is C10H20O3. The van der Waals surface area contributed by atoms with Crippen LogP contribution in [0, 0.1) is 0 Å². The zero-order chi connectivity index (χ0) is 9.73. The first-order valence-electron chi connectivity index (χ1n) is 5.18. The summed E-state index contributed by atoms with van der Waals surface area (Å²) in [7, 11) is 0. The minimum absolute atomic E-state index is 0.198. The zero-order valence-electron chi connectivity index (χ0n) is 8.08. The average Bonchev–Trinajstić information content (AvgIpc) is 2.15. The van der Waals surface area contributed by atoms with Gasteiger partial charge in [-0.25, -0.2) is 0 Å². The van der Waals surface area contributed by atoms with E-state index in [1.54, 1.807) is 0 Å². The Balaban J connectivity index is 2.24. The summed E-state index contributed by atoms with van der Waals surface area (Å²) < 4.78 is 0. The predicted octanol–water partition coefficient (Wildman–Crippen LogP) is 0.815. The van der Waals surface area contributed by atoms with E-state index in [0.29, 0.717) is 12.8 Å². The summed E-state index contributed by atoms with van der Waals surface area (Å²) in [6.45, 7) is -0.198. The van der Waals surface area contributed by atoms with E-state index in [-0.39, 0.29) is 6.61 Å². The van der Waals surface area contributed by atoms with Gasteiger partial charge >= 0.3 is 0 Å². The van der Waals surface area contributed by atoms with E-state index in [0.717, 1.165) is 25.7 Å². The van der Waals surface area contributed by atoms with Crippen molar-refractivity contribution in [3.05, 3.63) is 0 Å². The molecule has 1 atom stereocenters. The van der Waals surface area contributed by atoms with Crippen molar-refractivity contribution in [2.45, 2.75) is 56.7 Å². The van der Waals surface area contributed by atoms with Crippen molar-refractivity contribution < 1.29 is 15.3 Å². The molecule has 0 heterocycles. The second-order valence-electron chi connectivity index (χ2n) is 4.16. The molecule has 0 aromatic carbocycles. The Morgan fingerprint density at radius 3 is 2.31 bits per heavy atom. The summed E-state index contributed by atoms with van der Waals surface area (Å²) in [4.78, 5) is 0. The summed E-state index contributed by atoms with van der Waals surface area (Å²) in [5.74, 6) is 0. The molecular weight excluding hydrogens is 168 g/mol. The summed E-state index contributed by atoms with van der Waals surface area (Å²) in [6, 6.07) is 0. The molecule has 1 aliphatic carbocycles. The van der Waals surface area contributed by atoms with Crippen LogP contribution < -0.4 is 0 Å². The Labute approximate surface area is 79.4 Å². The highest BCUT2D eigenvalue weighted by Gasteiger charge is 2.29. The molecule has 1 saturated carbocycles. The van der Waals surface area contributed by atoms with Crippen LogP contribution in [0.1, 0.15) is 44.9 Å². The van der Waals surface area contributed by atoms with Crippen molar-refractivity contribution in [3.63, 3.8) is 0 Å². The van der Waals surface area contributed by atoms with Crippen LogP contribution in [0.25, 0.3) is 0 Å². The van der Waals surface area contributed by atoms with E-state index < -0.39 is 11.7 Å². The maximum absolute atomic E-state index is 10.0. The third-order valence-corrected chi connectivity index (χ3v) is 2.94. The monoisotopic (exact) mass is 188 g/mol. The van der Waals surface area contributed by atoms with Gasteiger partial charge in [0.2, 0.25) is 0 Å².